The van der Waals surface area contributed by atoms with E-state index in [2.05, 4.69) is 31.4 Å². The largest absolute Gasteiger partial charge is 0.362 e. The van der Waals surface area contributed by atoms with Gasteiger partial charge in [-0.15, -0.1) is 0 Å². The van der Waals surface area contributed by atoms with Crippen molar-refractivity contribution < 1.29 is 4.90 Å². The summed E-state index contributed by atoms with van der Waals surface area (Å²) in [5, 5.41) is 7.78. The topological polar surface area (TPSA) is 28.5 Å². The van der Waals surface area contributed by atoms with Gasteiger partial charge in [0.25, 0.3) is 0 Å². The van der Waals surface area contributed by atoms with Gasteiger partial charge in [-0.05, 0) is 43.8 Å². The fraction of sp³-hybridized carbons (Fsp3) is 0.938. The molecular weight excluding hydrogens is 266 g/mol. The van der Waals surface area contributed by atoms with E-state index >= 15 is 0 Å². The molecular formula is C16H32N3S+. The highest BCUT2D eigenvalue weighted by molar-refractivity contribution is 7.80. The summed E-state index contributed by atoms with van der Waals surface area (Å²) in [5.74, 6) is 0.643. The Bertz CT molecular complexity index is 305. The predicted molar refractivity (Wildman–Crippen MR) is 89.1 cm³/mol. The number of quaternary nitrogens is 1. The lowest BCUT2D eigenvalue weighted by Gasteiger charge is -2.46. The SMILES string of the molecule is CCC[NH+]1[C@@H]2CCC[C@H]1CC(NC(=S)NCC(C)C)C2. The summed E-state index contributed by atoms with van der Waals surface area (Å²) in [6, 6.07) is 2.33. The molecule has 4 atom stereocenters. The predicted octanol–water partition coefficient (Wildman–Crippen LogP) is 1.48. The lowest BCUT2D eigenvalue weighted by atomic mass is 9.81. The molecule has 4 heteroatoms. The minimum atomic E-state index is 0.595. The molecule has 0 aromatic carbocycles. The Labute approximate surface area is 129 Å². The van der Waals surface area contributed by atoms with E-state index < -0.39 is 0 Å². The molecule has 0 spiro atoms. The van der Waals surface area contributed by atoms with Gasteiger partial charge in [0, 0.05) is 25.4 Å². The third-order valence-corrected chi connectivity index (χ3v) is 5.10. The van der Waals surface area contributed by atoms with Crippen LogP contribution in [0.3, 0.4) is 0 Å². The van der Waals surface area contributed by atoms with Crippen molar-refractivity contribution in [3.8, 4) is 0 Å². The van der Waals surface area contributed by atoms with Crippen LogP contribution in [0.15, 0.2) is 0 Å². The summed E-state index contributed by atoms with van der Waals surface area (Å²) in [7, 11) is 0. The van der Waals surface area contributed by atoms with Crippen LogP contribution in [0.25, 0.3) is 0 Å². The lowest BCUT2D eigenvalue weighted by molar-refractivity contribution is -0.961. The number of rotatable bonds is 5. The van der Waals surface area contributed by atoms with E-state index in [-0.39, 0.29) is 0 Å². The van der Waals surface area contributed by atoms with Gasteiger partial charge < -0.3 is 15.5 Å². The van der Waals surface area contributed by atoms with Crippen molar-refractivity contribution >= 4 is 17.3 Å². The van der Waals surface area contributed by atoms with Gasteiger partial charge in [0.1, 0.15) is 0 Å². The maximum atomic E-state index is 5.44. The standard InChI is InChI=1S/C16H31N3S/c1-4-8-19-14-6-5-7-15(19)10-13(9-14)18-16(20)17-11-12(2)3/h12-15H,4-11H2,1-3H3,(H2,17,18,20)/p+1/t13?,14-,15+. The van der Waals surface area contributed by atoms with Crippen molar-refractivity contribution in [2.45, 2.75) is 77.4 Å². The first kappa shape index (κ1) is 16.0. The van der Waals surface area contributed by atoms with Crippen molar-refractivity contribution in [1.29, 1.82) is 0 Å². The van der Waals surface area contributed by atoms with Crippen molar-refractivity contribution in [3.63, 3.8) is 0 Å². The van der Waals surface area contributed by atoms with Crippen LogP contribution in [0, 0.1) is 5.92 Å². The number of thiocarbonyl (C=S) groups is 1. The highest BCUT2D eigenvalue weighted by atomic mass is 32.1. The molecule has 2 unspecified atom stereocenters. The fourth-order valence-corrected chi connectivity index (χ4v) is 4.23. The third kappa shape index (κ3) is 4.32. The monoisotopic (exact) mass is 298 g/mol. The van der Waals surface area contributed by atoms with Crippen LogP contribution in [-0.4, -0.2) is 36.3 Å². The molecule has 2 heterocycles. The van der Waals surface area contributed by atoms with Crippen LogP contribution >= 0.6 is 12.2 Å². The first-order chi connectivity index (χ1) is 9.60. The van der Waals surface area contributed by atoms with E-state index in [1.165, 1.54) is 45.1 Å². The molecule has 0 aromatic rings. The van der Waals surface area contributed by atoms with Crippen molar-refractivity contribution in [2.75, 3.05) is 13.1 Å². The quantitative estimate of drug-likeness (QED) is 0.672. The molecule has 2 aliphatic heterocycles. The number of hydrogen-bond acceptors (Lipinski definition) is 1. The van der Waals surface area contributed by atoms with Gasteiger partial charge in [-0.1, -0.05) is 20.8 Å². The maximum Gasteiger partial charge on any atom is 0.166 e. The van der Waals surface area contributed by atoms with Crippen molar-refractivity contribution in [1.82, 2.24) is 10.6 Å². The van der Waals surface area contributed by atoms with Crippen LogP contribution in [0.2, 0.25) is 0 Å². The summed E-state index contributed by atoms with van der Waals surface area (Å²) in [6.45, 7) is 9.08. The van der Waals surface area contributed by atoms with Crippen molar-refractivity contribution in [3.05, 3.63) is 0 Å². The average molecular weight is 299 g/mol. The van der Waals surface area contributed by atoms with Gasteiger partial charge in [0.15, 0.2) is 5.11 Å². The Morgan fingerprint density at radius 1 is 1.25 bits per heavy atom. The molecule has 0 amide bonds. The Hall–Kier alpha value is -0.350. The second-order valence-corrected chi connectivity index (χ2v) is 7.47. The van der Waals surface area contributed by atoms with E-state index in [1.807, 2.05) is 4.90 Å². The van der Waals surface area contributed by atoms with Crippen LogP contribution in [0.5, 0.6) is 0 Å². The van der Waals surface area contributed by atoms with Crippen molar-refractivity contribution in [2.24, 2.45) is 5.92 Å². The molecule has 2 aliphatic rings. The summed E-state index contributed by atoms with van der Waals surface area (Å²) in [5.41, 5.74) is 0. The molecule has 3 nitrogen and oxygen atoms in total. The number of hydrogen-bond donors (Lipinski definition) is 3. The molecule has 0 saturated carbocycles. The molecule has 2 bridgehead atoms. The van der Waals surface area contributed by atoms with Gasteiger partial charge in [-0.2, -0.15) is 0 Å². The Morgan fingerprint density at radius 2 is 1.90 bits per heavy atom. The van der Waals surface area contributed by atoms with Crippen LogP contribution in [0.1, 0.15) is 59.3 Å². The van der Waals surface area contributed by atoms with Gasteiger partial charge in [0.2, 0.25) is 0 Å². The minimum absolute atomic E-state index is 0.595. The number of nitrogens with one attached hydrogen (secondary N) is 3. The first-order valence-corrected chi connectivity index (χ1v) is 8.91. The molecule has 116 valence electrons. The summed E-state index contributed by atoms with van der Waals surface area (Å²) >= 11 is 5.44. The highest BCUT2D eigenvalue weighted by Crippen LogP contribution is 2.22. The zero-order valence-corrected chi connectivity index (χ0v) is 14.2. The van der Waals surface area contributed by atoms with E-state index in [1.54, 1.807) is 0 Å². The van der Waals surface area contributed by atoms with Gasteiger partial charge in [-0.3, -0.25) is 0 Å². The number of fused-ring (bicyclic) bond motifs is 2. The lowest BCUT2D eigenvalue weighted by Crippen LogP contribution is -3.21. The molecule has 0 aromatic heterocycles. The minimum Gasteiger partial charge on any atom is -0.362 e. The zero-order chi connectivity index (χ0) is 14.5. The number of piperidine rings is 2. The molecule has 20 heavy (non-hydrogen) atoms. The van der Waals surface area contributed by atoms with Gasteiger partial charge >= 0.3 is 0 Å². The third-order valence-electron chi connectivity index (χ3n) is 4.84. The van der Waals surface area contributed by atoms with Gasteiger partial charge in [-0.25, -0.2) is 0 Å². The average Bonchev–Trinajstić information content (AvgIpc) is 2.37. The summed E-state index contributed by atoms with van der Waals surface area (Å²) < 4.78 is 0. The Morgan fingerprint density at radius 3 is 2.45 bits per heavy atom. The maximum absolute atomic E-state index is 5.44. The molecule has 2 rings (SSSR count). The molecule has 2 saturated heterocycles. The summed E-state index contributed by atoms with van der Waals surface area (Å²) in [4.78, 5) is 1.89. The molecule has 0 aliphatic carbocycles. The second kappa shape index (κ2) is 7.60. The highest BCUT2D eigenvalue weighted by Gasteiger charge is 2.41. The molecule has 3 N–H and O–H groups in total. The Balaban J connectivity index is 1.82. The smallest absolute Gasteiger partial charge is 0.166 e. The van der Waals surface area contributed by atoms with E-state index in [0.717, 1.165) is 23.7 Å². The first-order valence-electron chi connectivity index (χ1n) is 8.50. The molecule has 2 fully saturated rings. The van der Waals surface area contributed by atoms with Crippen LogP contribution < -0.4 is 15.5 Å². The van der Waals surface area contributed by atoms with E-state index in [0.29, 0.717) is 12.0 Å². The summed E-state index contributed by atoms with van der Waals surface area (Å²) in [6.07, 6.45) is 8.18. The van der Waals surface area contributed by atoms with Gasteiger partial charge in [0.05, 0.1) is 18.6 Å². The molecule has 0 radical (unpaired) electrons. The van der Waals surface area contributed by atoms with E-state index in [4.69, 9.17) is 12.2 Å². The second-order valence-electron chi connectivity index (χ2n) is 7.07. The fourth-order valence-electron chi connectivity index (χ4n) is 3.98. The van der Waals surface area contributed by atoms with Crippen LogP contribution in [-0.2, 0) is 0 Å². The van der Waals surface area contributed by atoms with Crippen LogP contribution in [0.4, 0.5) is 0 Å². The zero-order valence-electron chi connectivity index (χ0n) is 13.4. The normalized spacial score (nSPS) is 33.0. The van der Waals surface area contributed by atoms with E-state index in [9.17, 15) is 0 Å². The Kier molecular flexibility index (Phi) is 6.09.